The molecule has 4 heteroatoms. The molecule has 1 aromatic carbocycles. The van der Waals surface area contributed by atoms with Gasteiger partial charge < -0.3 is 4.74 Å². The first-order chi connectivity index (χ1) is 7.27. The monoisotopic (exact) mass is 284 g/mol. The Labute approximate surface area is 100.0 Å². The van der Waals surface area contributed by atoms with Crippen molar-refractivity contribution in [2.45, 2.75) is 5.33 Å². The van der Waals surface area contributed by atoms with Gasteiger partial charge in [0.2, 0.25) is 0 Å². The van der Waals surface area contributed by atoms with Crippen molar-refractivity contribution < 1.29 is 9.53 Å². The Balaban J connectivity index is 2.72. The second-order valence-corrected chi connectivity index (χ2v) is 4.72. The molecule has 0 amide bonds. The molecule has 0 unspecified atom stereocenters. The Hall–Kier alpha value is -0.870. The van der Waals surface area contributed by atoms with Crippen LogP contribution in [0.25, 0.3) is 10.1 Å². The molecule has 0 aliphatic heterocycles. The molecular weight excluding hydrogens is 276 g/mol. The summed E-state index contributed by atoms with van der Waals surface area (Å²) >= 11 is 5.01. The number of ether oxygens (including phenoxy) is 1. The molecule has 2 rings (SSSR count). The Morgan fingerprint density at radius 3 is 2.87 bits per heavy atom. The topological polar surface area (TPSA) is 26.3 Å². The van der Waals surface area contributed by atoms with Crippen LogP contribution in [-0.2, 0) is 10.1 Å². The summed E-state index contributed by atoms with van der Waals surface area (Å²) in [6.45, 7) is 0. The number of halogens is 1. The Kier molecular flexibility index (Phi) is 3.07. The van der Waals surface area contributed by atoms with Crippen LogP contribution in [0.1, 0.15) is 15.2 Å². The number of rotatable bonds is 2. The largest absolute Gasteiger partial charge is 0.465 e. The summed E-state index contributed by atoms with van der Waals surface area (Å²) in [5.41, 5.74) is 0.690. The lowest BCUT2D eigenvalue weighted by atomic mass is 10.1. The van der Waals surface area contributed by atoms with Gasteiger partial charge in [-0.1, -0.05) is 34.1 Å². The van der Waals surface area contributed by atoms with Crippen molar-refractivity contribution in [1.29, 1.82) is 0 Å². The van der Waals surface area contributed by atoms with Gasteiger partial charge in [0.15, 0.2) is 0 Å². The number of carbonyl (C=O) groups excluding carboxylic acids is 1. The van der Waals surface area contributed by atoms with Crippen molar-refractivity contribution in [1.82, 2.24) is 0 Å². The molecule has 0 saturated carbocycles. The van der Waals surface area contributed by atoms with E-state index in [0.717, 1.165) is 15.0 Å². The Bertz CT molecular complexity index is 504. The molecule has 0 bridgehead atoms. The third-order valence-corrected chi connectivity index (χ3v) is 4.28. The first-order valence-electron chi connectivity index (χ1n) is 4.42. The van der Waals surface area contributed by atoms with E-state index in [9.17, 15) is 4.79 Å². The van der Waals surface area contributed by atoms with Crippen molar-refractivity contribution >= 4 is 43.3 Å². The van der Waals surface area contributed by atoms with Gasteiger partial charge in [-0.2, -0.15) is 0 Å². The minimum absolute atomic E-state index is 0.262. The number of hydrogen-bond donors (Lipinski definition) is 0. The van der Waals surface area contributed by atoms with Gasteiger partial charge in [0, 0.05) is 20.3 Å². The zero-order valence-electron chi connectivity index (χ0n) is 8.12. The average molecular weight is 285 g/mol. The van der Waals surface area contributed by atoms with Crippen molar-refractivity contribution in [3.05, 3.63) is 34.7 Å². The summed E-state index contributed by atoms with van der Waals surface area (Å²) in [5, 5.41) is 1.65. The van der Waals surface area contributed by atoms with Gasteiger partial charge in [-0.05, 0) is 6.07 Å². The van der Waals surface area contributed by atoms with Gasteiger partial charge in [-0.25, -0.2) is 4.79 Å². The van der Waals surface area contributed by atoms with Crippen LogP contribution in [0.3, 0.4) is 0 Å². The minimum Gasteiger partial charge on any atom is -0.465 e. The molecule has 2 aromatic rings. The normalized spacial score (nSPS) is 10.5. The maximum absolute atomic E-state index is 11.6. The number of esters is 1. The lowest BCUT2D eigenvalue weighted by Crippen LogP contribution is -2.02. The molecule has 0 aliphatic rings. The molecule has 0 N–H and O–H groups in total. The minimum atomic E-state index is -0.262. The van der Waals surface area contributed by atoms with Crippen LogP contribution in [-0.4, -0.2) is 13.1 Å². The van der Waals surface area contributed by atoms with E-state index < -0.39 is 0 Å². The van der Waals surface area contributed by atoms with Gasteiger partial charge in [0.1, 0.15) is 0 Å². The molecular formula is C11H9BrO2S. The van der Waals surface area contributed by atoms with Crippen LogP contribution in [0.2, 0.25) is 0 Å². The predicted octanol–water partition coefficient (Wildman–Crippen LogP) is 3.58. The molecule has 1 aromatic heterocycles. The summed E-state index contributed by atoms with van der Waals surface area (Å²) in [5.74, 6) is -0.262. The van der Waals surface area contributed by atoms with Crippen LogP contribution in [0.5, 0.6) is 0 Å². The summed E-state index contributed by atoms with van der Waals surface area (Å²) in [6.07, 6.45) is 0. The maximum atomic E-state index is 11.6. The molecule has 1 heterocycles. The second-order valence-electron chi connectivity index (χ2n) is 3.02. The number of benzene rings is 1. The molecule has 0 radical (unpaired) electrons. The SMILES string of the molecule is COC(=O)c1c(CBr)sc2ccccc12. The van der Waals surface area contributed by atoms with Gasteiger partial charge in [-0.15, -0.1) is 11.3 Å². The summed E-state index contributed by atoms with van der Waals surface area (Å²) in [7, 11) is 1.41. The Morgan fingerprint density at radius 2 is 2.20 bits per heavy atom. The highest BCUT2D eigenvalue weighted by molar-refractivity contribution is 9.08. The van der Waals surface area contributed by atoms with E-state index in [4.69, 9.17) is 4.74 Å². The molecule has 0 fully saturated rings. The van der Waals surface area contributed by atoms with Crippen LogP contribution >= 0.6 is 27.3 Å². The summed E-state index contributed by atoms with van der Waals surface area (Å²) < 4.78 is 5.91. The molecule has 0 aliphatic carbocycles. The maximum Gasteiger partial charge on any atom is 0.339 e. The van der Waals surface area contributed by atoms with Gasteiger partial charge in [-0.3, -0.25) is 0 Å². The van der Waals surface area contributed by atoms with Gasteiger partial charge in [0.05, 0.1) is 12.7 Å². The number of methoxy groups -OCH3 is 1. The van der Waals surface area contributed by atoms with E-state index in [-0.39, 0.29) is 5.97 Å². The third-order valence-electron chi connectivity index (χ3n) is 2.18. The van der Waals surface area contributed by atoms with E-state index >= 15 is 0 Å². The number of fused-ring (bicyclic) bond motifs is 1. The predicted molar refractivity (Wildman–Crippen MR) is 65.8 cm³/mol. The van der Waals surface area contributed by atoms with Crippen molar-refractivity contribution in [3.63, 3.8) is 0 Å². The number of thiophene rings is 1. The third kappa shape index (κ3) is 1.79. The molecule has 0 saturated heterocycles. The molecule has 78 valence electrons. The van der Waals surface area contributed by atoms with Crippen molar-refractivity contribution in [3.8, 4) is 0 Å². The first-order valence-corrected chi connectivity index (χ1v) is 6.36. The first kappa shape index (κ1) is 10.6. The fourth-order valence-electron chi connectivity index (χ4n) is 1.52. The van der Waals surface area contributed by atoms with E-state index in [1.807, 2.05) is 24.3 Å². The second kappa shape index (κ2) is 4.33. The summed E-state index contributed by atoms with van der Waals surface area (Å²) in [6, 6.07) is 7.86. The highest BCUT2D eigenvalue weighted by Crippen LogP contribution is 2.32. The highest BCUT2D eigenvalue weighted by atomic mass is 79.9. The number of carbonyl (C=O) groups is 1. The molecule has 0 spiro atoms. The van der Waals surface area contributed by atoms with Crippen LogP contribution < -0.4 is 0 Å². The van der Waals surface area contributed by atoms with E-state index in [1.165, 1.54) is 7.11 Å². The quantitative estimate of drug-likeness (QED) is 0.622. The van der Waals surface area contributed by atoms with Crippen molar-refractivity contribution in [2.24, 2.45) is 0 Å². The fourth-order valence-corrected chi connectivity index (χ4v) is 3.18. The standard InChI is InChI=1S/C11H9BrO2S/c1-14-11(13)10-7-4-2-3-5-8(7)15-9(10)6-12/h2-5H,6H2,1H3. The Morgan fingerprint density at radius 1 is 1.47 bits per heavy atom. The van der Waals surface area contributed by atoms with Gasteiger partial charge >= 0.3 is 5.97 Å². The smallest absolute Gasteiger partial charge is 0.339 e. The number of hydrogen-bond acceptors (Lipinski definition) is 3. The fraction of sp³-hybridized carbons (Fsp3) is 0.182. The van der Waals surface area contributed by atoms with Crippen LogP contribution in [0.4, 0.5) is 0 Å². The lowest BCUT2D eigenvalue weighted by Gasteiger charge is -1.99. The lowest BCUT2D eigenvalue weighted by molar-refractivity contribution is 0.0603. The van der Waals surface area contributed by atoms with E-state index in [1.54, 1.807) is 11.3 Å². The van der Waals surface area contributed by atoms with E-state index in [0.29, 0.717) is 10.9 Å². The van der Waals surface area contributed by atoms with Crippen LogP contribution in [0.15, 0.2) is 24.3 Å². The van der Waals surface area contributed by atoms with Crippen molar-refractivity contribution in [2.75, 3.05) is 7.11 Å². The highest BCUT2D eigenvalue weighted by Gasteiger charge is 2.17. The molecule has 15 heavy (non-hydrogen) atoms. The molecule has 0 atom stereocenters. The van der Waals surface area contributed by atoms with Crippen LogP contribution in [0, 0.1) is 0 Å². The number of alkyl halides is 1. The van der Waals surface area contributed by atoms with E-state index in [2.05, 4.69) is 15.9 Å². The zero-order chi connectivity index (χ0) is 10.8. The van der Waals surface area contributed by atoms with Gasteiger partial charge in [0.25, 0.3) is 0 Å². The zero-order valence-corrected chi connectivity index (χ0v) is 10.5. The average Bonchev–Trinajstić information content (AvgIpc) is 2.66. The summed E-state index contributed by atoms with van der Waals surface area (Å²) in [4.78, 5) is 12.6. The molecule has 2 nitrogen and oxygen atoms in total.